The number of carbonyl (C=O) groups is 2. The number of benzene rings is 2. The molecule has 0 atom stereocenters. The Balaban J connectivity index is 1.50. The minimum absolute atomic E-state index is 0.122. The molecule has 156 valence electrons. The fourth-order valence-electron chi connectivity index (χ4n) is 2.86. The number of nitrogens with zero attached hydrogens (tertiary/aromatic N) is 2. The van der Waals surface area contributed by atoms with Crippen LogP contribution in [0.3, 0.4) is 0 Å². The summed E-state index contributed by atoms with van der Waals surface area (Å²) in [6, 6.07) is 14.8. The highest BCUT2D eigenvalue weighted by Gasteiger charge is 2.09. The minimum atomic E-state index is -0.181. The van der Waals surface area contributed by atoms with Crippen molar-refractivity contribution in [2.24, 2.45) is 7.05 Å². The summed E-state index contributed by atoms with van der Waals surface area (Å²) >= 11 is 1.37. The van der Waals surface area contributed by atoms with Crippen LogP contribution >= 0.6 is 11.8 Å². The summed E-state index contributed by atoms with van der Waals surface area (Å²) < 4.78 is 1.87. The third-order valence-electron chi connectivity index (χ3n) is 4.57. The topological polar surface area (TPSA) is 76.0 Å². The van der Waals surface area contributed by atoms with Crippen LogP contribution in [0.2, 0.25) is 0 Å². The lowest BCUT2D eigenvalue weighted by Gasteiger charge is -2.08. The summed E-state index contributed by atoms with van der Waals surface area (Å²) in [6.07, 6.45) is 6.92. The van der Waals surface area contributed by atoms with Crippen molar-refractivity contribution in [3.8, 4) is 0 Å². The van der Waals surface area contributed by atoms with Gasteiger partial charge in [0.25, 0.3) is 5.91 Å². The standard InChI is InChI=1S/C23H26N4O2S/c1-3-4-5-17-6-10-20(11-7-17)26-22(29)18-8-12-19(13-9-18)25-21(28)16-30-23-24-14-15-27(23)2/h6-15H,3-5,16H2,1-2H3,(H,25,28)(H,26,29). The lowest BCUT2D eigenvalue weighted by molar-refractivity contribution is -0.113. The van der Waals surface area contributed by atoms with Gasteiger partial charge in [0.1, 0.15) is 0 Å². The number of rotatable bonds is 9. The molecule has 0 aliphatic carbocycles. The molecule has 1 heterocycles. The second-order valence-electron chi connectivity index (χ2n) is 6.99. The lowest BCUT2D eigenvalue weighted by Crippen LogP contribution is -2.15. The van der Waals surface area contributed by atoms with Crippen molar-refractivity contribution in [1.82, 2.24) is 9.55 Å². The van der Waals surface area contributed by atoms with Gasteiger partial charge in [0, 0.05) is 36.4 Å². The third-order valence-corrected chi connectivity index (χ3v) is 5.63. The van der Waals surface area contributed by atoms with Crippen LogP contribution in [-0.2, 0) is 18.3 Å². The Morgan fingerprint density at radius 3 is 2.30 bits per heavy atom. The van der Waals surface area contributed by atoms with Crippen molar-refractivity contribution in [3.63, 3.8) is 0 Å². The maximum absolute atomic E-state index is 12.5. The zero-order valence-corrected chi connectivity index (χ0v) is 18.0. The molecule has 6 nitrogen and oxygen atoms in total. The van der Waals surface area contributed by atoms with Crippen LogP contribution in [0.5, 0.6) is 0 Å². The monoisotopic (exact) mass is 422 g/mol. The average Bonchev–Trinajstić information content (AvgIpc) is 3.17. The Labute approximate surface area is 181 Å². The van der Waals surface area contributed by atoms with E-state index in [9.17, 15) is 9.59 Å². The van der Waals surface area contributed by atoms with Gasteiger partial charge in [-0.15, -0.1) is 0 Å². The summed E-state index contributed by atoms with van der Waals surface area (Å²) in [6.45, 7) is 2.17. The summed E-state index contributed by atoms with van der Waals surface area (Å²) in [5.74, 6) is -0.0377. The predicted octanol–water partition coefficient (Wildman–Crippen LogP) is 4.75. The van der Waals surface area contributed by atoms with E-state index in [1.165, 1.54) is 17.3 Å². The van der Waals surface area contributed by atoms with Gasteiger partial charge in [-0.2, -0.15) is 0 Å². The van der Waals surface area contributed by atoms with Gasteiger partial charge >= 0.3 is 0 Å². The molecule has 0 bridgehead atoms. The van der Waals surface area contributed by atoms with Gasteiger partial charge in [-0.3, -0.25) is 9.59 Å². The molecule has 3 rings (SSSR count). The highest BCUT2D eigenvalue weighted by Crippen LogP contribution is 2.17. The highest BCUT2D eigenvalue weighted by atomic mass is 32.2. The molecule has 0 spiro atoms. The Morgan fingerprint density at radius 1 is 1.00 bits per heavy atom. The quantitative estimate of drug-likeness (QED) is 0.488. The first-order chi connectivity index (χ1) is 14.5. The van der Waals surface area contributed by atoms with E-state index >= 15 is 0 Å². The maximum atomic E-state index is 12.5. The first kappa shape index (κ1) is 21.6. The Hall–Kier alpha value is -3.06. The Kier molecular flexibility index (Phi) is 7.68. The fraction of sp³-hybridized carbons (Fsp3) is 0.261. The van der Waals surface area contributed by atoms with Crippen LogP contribution in [0.1, 0.15) is 35.7 Å². The molecule has 0 unspecified atom stereocenters. The number of carbonyl (C=O) groups excluding carboxylic acids is 2. The van der Waals surface area contributed by atoms with E-state index in [4.69, 9.17) is 0 Å². The minimum Gasteiger partial charge on any atom is -0.329 e. The zero-order chi connectivity index (χ0) is 21.3. The first-order valence-electron chi connectivity index (χ1n) is 9.95. The molecule has 3 aromatic rings. The SMILES string of the molecule is CCCCc1ccc(NC(=O)c2ccc(NC(=O)CSc3nccn3C)cc2)cc1. The third kappa shape index (κ3) is 6.22. The highest BCUT2D eigenvalue weighted by molar-refractivity contribution is 7.99. The van der Waals surface area contributed by atoms with Crippen molar-refractivity contribution in [3.05, 3.63) is 72.1 Å². The van der Waals surface area contributed by atoms with Crippen LogP contribution in [0, 0.1) is 0 Å². The number of unbranched alkanes of at least 4 members (excludes halogenated alkanes) is 1. The second-order valence-corrected chi connectivity index (χ2v) is 7.93. The van der Waals surface area contributed by atoms with Crippen molar-refractivity contribution in [2.75, 3.05) is 16.4 Å². The Bertz CT molecular complexity index is 981. The van der Waals surface area contributed by atoms with Crippen LogP contribution in [0.25, 0.3) is 0 Å². The number of aromatic nitrogens is 2. The molecule has 0 radical (unpaired) electrons. The van der Waals surface area contributed by atoms with E-state index in [2.05, 4.69) is 22.5 Å². The van der Waals surface area contributed by atoms with Crippen LogP contribution < -0.4 is 10.6 Å². The van der Waals surface area contributed by atoms with Gasteiger partial charge in [-0.1, -0.05) is 37.2 Å². The van der Waals surface area contributed by atoms with Crippen molar-refractivity contribution < 1.29 is 9.59 Å². The molecule has 0 fully saturated rings. The van der Waals surface area contributed by atoms with Crippen molar-refractivity contribution in [1.29, 1.82) is 0 Å². The van der Waals surface area contributed by atoms with E-state index < -0.39 is 0 Å². The van der Waals surface area contributed by atoms with Gasteiger partial charge in [0.05, 0.1) is 5.75 Å². The molecule has 0 saturated carbocycles. The molecule has 7 heteroatoms. The maximum Gasteiger partial charge on any atom is 0.255 e. The summed E-state index contributed by atoms with van der Waals surface area (Å²) in [4.78, 5) is 28.8. The van der Waals surface area contributed by atoms with Crippen molar-refractivity contribution >= 4 is 35.0 Å². The number of amides is 2. The van der Waals surface area contributed by atoms with E-state index in [0.717, 1.165) is 30.1 Å². The molecule has 2 N–H and O–H groups in total. The molecule has 0 aliphatic rings. The van der Waals surface area contributed by atoms with Crippen LogP contribution in [0.4, 0.5) is 11.4 Å². The fourth-order valence-corrected chi connectivity index (χ4v) is 3.59. The molecular formula is C23H26N4O2S. The van der Waals surface area contributed by atoms with Gasteiger partial charge in [0.15, 0.2) is 5.16 Å². The van der Waals surface area contributed by atoms with E-state index in [1.54, 1.807) is 30.5 Å². The average molecular weight is 423 g/mol. The zero-order valence-electron chi connectivity index (χ0n) is 17.2. The molecule has 1 aromatic heterocycles. The van der Waals surface area contributed by atoms with Crippen LogP contribution in [0.15, 0.2) is 66.1 Å². The smallest absolute Gasteiger partial charge is 0.255 e. The molecular weight excluding hydrogens is 396 g/mol. The molecule has 2 aromatic carbocycles. The molecule has 30 heavy (non-hydrogen) atoms. The predicted molar refractivity (Wildman–Crippen MR) is 122 cm³/mol. The number of nitrogens with one attached hydrogen (secondary N) is 2. The second kappa shape index (κ2) is 10.6. The number of hydrogen-bond donors (Lipinski definition) is 2. The molecule has 0 aliphatic heterocycles. The van der Waals surface area contributed by atoms with E-state index in [0.29, 0.717) is 11.3 Å². The normalized spacial score (nSPS) is 10.6. The van der Waals surface area contributed by atoms with Gasteiger partial charge in [-0.05, 0) is 54.8 Å². The number of anilines is 2. The molecule has 0 saturated heterocycles. The number of thioether (sulfide) groups is 1. The van der Waals surface area contributed by atoms with Crippen LogP contribution in [-0.4, -0.2) is 27.1 Å². The van der Waals surface area contributed by atoms with Gasteiger partial charge in [-0.25, -0.2) is 4.98 Å². The van der Waals surface area contributed by atoms with E-state index in [1.807, 2.05) is 42.1 Å². The lowest BCUT2D eigenvalue weighted by atomic mass is 10.1. The van der Waals surface area contributed by atoms with Gasteiger partial charge < -0.3 is 15.2 Å². The number of aryl methyl sites for hydroxylation is 2. The number of hydrogen-bond acceptors (Lipinski definition) is 4. The molecule has 2 amide bonds. The largest absolute Gasteiger partial charge is 0.329 e. The summed E-state index contributed by atoms with van der Waals surface area (Å²) in [5, 5.41) is 6.53. The summed E-state index contributed by atoms with van der Waals surface area (Å²) in [5.41, 5.74) is 3.22. The van der Waals surface area contributed by atoms with E-state index in [-0.39, 0.29) is 17.6 Å². The number of imidazole rings is 1. The summed E-state index contributed by atoms with van der Waals surface area (Å²) in [7, 11) is 1.89. The first-order valence-corrected chi connectivity index (χ1v) is 10.9. The Morgan fingerprint density at radius 2 is 1.67 bits per heavy atom. The van der Waals surface area contributed by atoms with Crippen molar-refractivity contribution in [2.45, 2.75) is 31.3 Å². The van der Waals surface area contributed by atoms with Gasteiger partial charge in [0.2, 0.25) is 5.91 Å².